The molecule has 3 nitrogen and oxygen atoms in total. The van der Waals surface area contributed by atoms with E-state index in [1.807, 2.05) is 18.2 Å². The average molecular weight is 473 g/mol. The number of benzene rings is 3. The molecule has 1 unspecified atom stereocenters. The molecule has 0 spiro atoms. The zero-order valence-electron chi connectivity index (χ0n) is 16.4. The first kappa shape index (κ1) is 21.7. The van der Waals surface area contributed by atoms with E-state index in [1.54, 1.807) is 0 Å². The summed E-state index contributed by atoms with van der Waals surface area (Å²) in [4.78, 5) is 12.4. The number of ether oxygens (including phenoxy) is 2. The van der Waals surface area contributed by atoms with Gasteiger partial charge in [0.25, 0.3) is 0 Å². The molecule has 1 aliphatic rings. The first-order chi connectivity index (χ1) is 13.7. The molecular formula is C24H26BrO3P. The molecule has 152 valence electrons. The molecule has 3 aromatic rings. The molecule has 1 atom stereocenters. The van der Waals surface area contributed by atoms with Crippen LogP contribution in [0.15, 0.2) is 91.0 Å². The summed E-state index contributed by atoms with van der Waals surface area (Å²) in [5, 5.41) is 3.52. The molecule has 1 fully saturated rings. The van der Waals surface area contributed by atoms with Crippen LogP contribution in [-0.4, -0.2) is 24.8 Å². The van der Waals surface area contributed by atoms with Crippen LogP contribution in [-0.2, 0) is 14.3 Å². The van der Waals surface area contributed by atoms with Crippen molar-refractivity contribution in [2.45, 2.75) is 19.4 Å². The van der Waals surface area contributed by atoms with E-state index in [4.69, 9.17) is 9.47 Å². The standard InChI is InChI=1S/C24H25O3P.BrH/c1-2-28(20-12-6-3-7-13-20,21-14-8-4-9-15-21,22-16-10-5-11-17-22)24-26-19-18-23(25)27-24;/h3-17,24H,2,18-19H2,1H3;1H. The first-order valence-corrected chi connectivity index (χ1v) is 12.2. The summed E-state index contributed by atoms with van der Waals surface area (Å²) >= 11 is 0. The second kappa shape index (κ2) is 8.79. The van der Waals surface area contributed by atoms with Crippen LogP contribution in [0.25, 0.3) is 0 Å². The number of hydrogen-bond donors (Lipinski definition) is 0. The fourth-order valence-corrected chi connectivity index (χ4v) is 10.9. The van der Waals surface area contributed by atoms with Crippen LogP contribution in [0.3, 0.4) is 0 Å². The Morgan fingerprint density at radius 1 is 0.793 bits per heavy atom. The number of rotatable bonds is 5. The second-order valence-corrected chi connectivity index (χ2v) is 12.5. The Hall–Kier alpha value is -2.00. The average Bonchev–Trinajstić information content (AvgIpc) is 2.78. The van der Waals surface area contributed by atoms with Crippen LogP contribution in [0.2, 0.25) is 0 Å². The van der Waals surface area contributed by atoms with Crippen molar-refractivity contribution in [2.24, 2.45) is 0 Å². The molecule has 0 aromatic heterocycles. The molecule has 0 saturated carbocycles. The summed E-state index contributed by atoms with van der Waals surface area (Å²) < 4.78 is 12.3. The van der Waals surface area contributed by atoms with Crippen molar-refractivity contribution < 1.29 is 14.3 Å². The summed E-state index contributed by atoms with van der Waals surface area (Å²) in [6, 6.07) is 30.7. The van der Waals surface area contributed by atoms with Gasteiger partial charge in [-0.1, -0.05) is 0 Å². The number of esters is 1. The summed E-state index contributed by atoms with van der Waals surface area (Å²) in [5.41, 5.74) is 0. The van der Waals surface area contributed by atoms with Gasteiger partial charge < -0.3 is 0 Å². The molecule has 5 heteroatoms. The van der Waals surface area contributed by atoms with Crippen LogP contribution in [0.1, 0.15) is 13.3 Å². The third-order valence-corrected chi connectivity index (χ3v) is 12.9. The zero-order chi connectivity index (χ0) is 19.5. The van der Waals surface area contributed by atoms with Crippen molar-refractivity contribution in [3.63, 3.8) is 0 Å². The molecular weight excluding hydrogens is 447 g/mol. The first-order valence-electron chi connectivity index (χ1n) is 9.71. The fourth-order valence-electron chi connectivity index (χ4n) is 4.54. The molecule has 4 rings (SSSR count). The van der Waals surface area contributed by atoms with E-state index in [9.17, 15) is 4.79 Å². The third kappa shape index (κ3) is 3.24. The molecule has 0 aliphatic carbocycles. The van der Waals surface area contributed by atoms with Crippen LogP contribution in [0.4, 0.5) is 0 Å². The van der Waals surface area contributed by atoms with Gasteiger partial charge in [0.2, 0.25) is 0 Å². The van der Waals surface area contributed by atoms with Gasteiger partial charge in [-0.3, -0.25) is 0 Å². The normalized spacial score (nSPS) is 18.0. The molecule has 0 amide bonds. The van der Waals surface area contributed by atoms with Crippen molar-refractivity contribution in [1.29, 1.82) is 0 Å². The third-order valence-electron chi connectivity index (χ3n) is 5.96. The van der Waals surface area contributed by atoms with Gasteiger partial charge in [-0.2, -0.15) is 0 Å². The Bertz CT molecular complexity index is 848. The molecule has 0 N–H and O–H groups in total. The van der Waals surface area contributed by atoms with Crippen molar-refractivity contribution in [3.8, 4) is 0 Å². The molecule has 1 aliphatic heterocycles. The van der Waals surface area contributed by atoms with Crippen LogP contribution < -0.4 is 15.9 Å². The minimum absolute atomic E-state index is 0. The van der Waals surface area contributed by atoms with E-state index in [0.29, 0.717) is 13.0 Å². The summed E-state index contributed by atoms with van der Waals surface area (Å²) in [7, 11) is 0. The Labute approximate surface area is 182 Å². The molecule has 0 radical (unpaired) electrons. The minimum atomic E-state index is -3.27. The molecule has 0 bridgehead atoms. The summed E-state index contributed by atoms with van der Waals surface area (Å²) in [6.07, 6.45) is 1.09. The number of hydrogen-bond acceptors (Lipinski definition) is 3. The van der Waals surface area contributed by atoms with Crippen molar-refractivity contribution in [1.82, 2.24) is 0 Å². The van der Waals surface area contributed by atoms with Crippen molar-refractivity contribution >= 4 is 45.5 Å². The van der Waals surface area contributed by atoms with E-state index >= 15 is 0 Å². The number of halogens is 1. The second-order valence-electron chi connectivity index (χ2n) is 7.12. The molecule has 1 saturated heterocycles. The summed E-state index contributed by atoms with van der Waals surface area (Å²) in [5.74, 6) is -0.193. The van der Waals surface area contributed by atoms with E-state index in [1.165, 1.54) is 15.9 Å². The zero-order valence-corrected chi connectivity index (χ0v) is 19.0. The van der Waals surface area contributed by atoms with E-state index in [-0.39, 0.29) is 23.0 Å². The summed E-state index contributed by atoms with van der Waals surface area (Å²) in [6.45, 7) is -0.700. The van der Waals surface area contributed by atoms with E-state index < -0.39 is 12.6 Å². The van der Waals surface area contributed by atoms with Gasteiger partial charge in [0, 0.05) is 0 Å². The quantitative estimate of drug-likeness (QED) is 0.408. The number of cyclic esters (lactones) is 1. The van der Waals surface area contributed by atoms with Crippen LogP contribution >= 0.6 is 23.6 Å². The Morgan fingerprint density at radius 2 is 1.21 bits per heavy atom. The van der Waals surface area contributed by atoms with Gasteiger partial charge in [0.05, 0.1) is 0 Å². The van der Waals surface area contributed by atoms with Gasteiger partial charge in [0.1, 0.15) is 0 Å². The SMILES string of the molecule is Br.CCP(c1ccccc1)(c1ccccc1)(c1ccccc1)C1OCCC(=O)O1. The van der Waals surface area contributed by atoms with E-state index in [0.717, 1.165) is 6.16 Å². The van der Waals surface area contributed by atoms with Gasteiger partial charge in [0.15, 0.2) is 0 Å². The number of carbonyl (C=O) groups is 1. The van der Waals surface area contributed by atoms with Gasteiger partial charge in [-0.05, 0) is 0 Å². The van der Waals surface area contributed by atoms with Gasteiger partial charge >= 0.3 is 166 Å². The van der Waals surface area contributed by atoms with Gasteiger partial charge in [-0.15, -0.1) is 17.0 Å². The van der Waals surface area contributed by atoms with Crippen molar-refractivity contribution in [2.75, 3.05) is 12.8 Å². The predicted molar refractivity (Wildman–Crippen MR) is 126 cm³/mol. The van der Waals surface area contributed by atoms with Crippen LogP contribution in [0, 0.1) is 0 Å². The molecule has 1 heterocycles. The Morgan fingerprint density at radius 3 is 1.55 bits per heavy atom. The van der Waals surface area contributed by atoms with Crippen molar-refractivity contribution in [3.05, 3.63) is 91.0 Å². The van der Waals surface area contributed by atoms with Crippen LogP contribution in [0.5, 0.6) is 0 Å². The molecule has 3 aromatic carbocycles. The van der Waals surface area contributed by atoms with E-state index in [2.05, 4.69) is 79.7 Å². The number of carbonyl (C=O) groups excluding carboxylic acids is 1. The van der Waals surface area contributed by atoms with Gasteiger partial charge in [-0.25, -0.2) is 0 Å². The predicted octanol–water partition coefficient (Wildman–Crippen LogP) is 4.36. The Kier molecular flexibility index (Phi) is 6.58. The Balaban J connectivity index is 0.00000240. The topological polar surface area (TPSA) is 35.5 Å². The maximum atomic E-state index is 12.4. The monoisotopic (exact) mass is 472 g/mol. The molecule has 29 heavy (non-hydrogen) atoms. The fraction of sp³-hybridized carbons (Fsp3) is 0.208. The maximum absolute atomic E-state index is 12.4.